The van der Waals surface area contributed by atoms with Crippen molar-refractivity contribution >= 4 is 38.8 Å². The van der Waals surface area contributed by atoms with Crippen LogP contribution in [0, 0.1) is 15.5 Å². The summed E-state index contributed by atoms with van der Waals surface area (Å²) in [5.74, 6) is -0.777. The highest BCUT2D eigenvalue weighted by atomic mass is 35.5. The van der Waals surface area contributed by atoms with Gasteiger partial charge < -0.3 is 9.64 Å². The topological polar surface area (TPSA) is 145 Å². The molecular formula is C28H30ClN5O7S. The number of carbonyl (C=O) groups excluding carboxylic acids is 1. The van der Waals surface area contributed by atoms with Crippen molar-refractivity contribution in [2.24, 2.45) is 5.41 Å². The Morgan fingerprint density at radius 3 is 2.48 bits per heavy atom. The molecule has 5 rings (SSSR count). The third-order valence-electron chi connectivity index (χ3n) is 7.59. The molecule has 2 heterocycles. The molecule has 42 heavy (non-hydrogen) atoms. The zero-order chi connectivity index (χ0) is 30.2. The number of piperazine rings is 1. The maximum Gasteiger partial charge on any atom is 0.316 e. The van der Waals surface area contributed by atoms with E-state index in [2.05, 4.69) is 12.0 Å². The molecule has 1 aromatic heterocycles. The summed E-state index contributed by atoms with van der Waals surface area (Å²) in [7, 11) is -3.80. The van der Waals surface area contributed by atoms with Gasteiger partial charge in [0.25, 0.3) is 5.69 Å². The van der Waals surface area contributed by atoms with Crippen LogP contribution in [0.15, 0.2) is 53.5 Å². The van der Waals surface area contributed by atoms with E-state index in [1.54, 1.807) is 30.5 Å². The van der Waals surface area contributed by atoms with Gasteiger partial charge in [-0.3, -0.25) is 19.7 Å². The van der Waals surface area contributed by atoms with Crippen molar-refractivity contribution in [2.75, 3.05) is 37.7 Å². The quantitative estimate of drug-likeness (QED) is 0.189. The van der Waals surface area contributed by atoms with Crippen molar-refractivity contribution in [3.63, 3.8) is 0 Å². The smallest absolute Gasteiger partial charge is 0.316 e. The molecule has 0 radical (unpaired) electrons. The predicted molar refractivity (Wildman–Crippen MR) is 157 cm³/mol. The van der Waals surface area contributed by atoms with Crippen molar-refractivity contribution < 1.29 is 22.9 Å². The van der Waals surface area contributed by atoms with Crippen LogP contribution in [0.2, 0.25) is 5.02 Å². The number of nitro benzene ring substituents is 1. The monoisotopic (exact) mass is 615 g/mol. The van der Waals surface area contributed by atoms with Crippen LogP contribution in [0.25, 0.3) is 5.69 Å². The van der Waals surface area contributed by atoms with E-state index in [9.17, 15) is 28.1 Å². The molecule has 222 valence electrons. The maximum atomic E-state index is 13.6. The van der Waals surface area contributed by atoms with Gasteiger partial charge in [0.15, 0.2) is 5.78 Å². The summed E-state index contributed by atoms with van der Waals surface area (Å²) in [6, 6.07) is 10.6. The fourth-order valence-corrected chi connectivity index (χ4v) is 6.50. The summed E-state index contributed by atoms with van der Waals surface area (Å²) >= 11 is 6.13. The number of carbonyl (C=O) groups is 1. The zero-order valence-corrected chi connectivity index (χ0v) is 24.7. The van der Waals surface area contributed by atoms with E-state index in [4.69, 9.17) is 16.3 Å². The normalized spacial score (nSPS) is 16.7. The van der Waals surface area contributed by atoms with E-state index < -0.39 is 32.0 Å². The van der Waals surface area contributed by atoms with Gasteiger partial charge in [0.1, 0.15) is 5.69 Å². The number of rotatable bonds is 10. The summed E-state index contributed by atoms with van der Waals surface area (Å²) in [6.07, 6.45) is 3.57. The molecule has 0 atom stereocenters. The van der Waals surface area contributed by atoms with Crippen molar-refractivity contribution in [2.45, 2.75) is 32.4 Å². The fourth-order valence-electron chi connectivity index (χ4n) is 4.81. The van der Waals surface area contributed by atoms with Gasteiger partial charge >= 0.3 is 5.56 Å². The first-order valence-corrected chi connectivity index (χ1v) is 15.4. The van der Waals surface area contributed by atoms with E-state index in [1.165, 1.54) is 28.0 Å². The van der Waals surface area contributed by atoms with Crippen LogP contribution in [0.1, 0.15) is 42.6 Å². The largest absolute Gasteiger partial charge is 0.486 e. The third-order valence-corrected chi connectivity index (χ3v) is 9.68. The van der Waals surface area contributed by atoms with E-state index in [1.807, 2.05) is 4.90 Å². The van der Waals surface area contributed by atoms with Crippen molar-refractivity contribution in [3.05, 3.63) is 85.3 Å². The van der Waals surface area contributed by atoms with Crippen LogP contribution < -0.4 is 15.2 Å². The van der Waals surface area contributed by atoms with Crippen LogP contribution in [-0.4, -0.2) is 66.0 Å². The molecule has 14 heteroatoms. The number of ketones is 1. The molecule has 1 saturated carbocycles. The summed E-state index contributed by atoms with van der Waals surface area (Å²) in [4.78, 5) is 38.0. The Morgan fingerprint density at radius 2 is 1.86 bits per heavy atom. The number of aromatic nitrogens is 2. The van der Waals surface area contributed by atoms with Crippen molar-refractivity contribution in [1.82, 2.24) is 14.1 Å². The molecule has 1 aliphatic heterocycles. The lowest BCUT2D eigenvalue weighted by molar-refractivity contribution is -0.385. The zero-order valence-electron chi connectivity index (χ0n) is 23.2. The minimum Gasteiger partial charge on any atom is -0.486 e. The molecule has 2 aromatic carbocycles. The highest BCUT2D eigenvalue weighted by Gasteiger charge is 2.39. The Balaban J connectivity index is 1.35. The number of sulfonamides is 1. The SMILES string of the molecule is CC(=O)c1cc(CS(=O)(=O)N2CCN(c3cnn(-c4cccc(Cl)c4)c(=O)c3OCC3(C)CC3)CC2)ccc1[N+](=O)[O-]. The maximum absolute atomic E-state index is 13.6. The first-order valence-electron chi connectivity index (χ1n) is 13.4. The van der Waals surface area contributed by atoms with Gasteiger partial charge in [0.05, 0.1) is 34.7 Å². The van der Waals surface area contributed by atoms with Crippen molar-refractivity contribution in [1.29, 1.82) is 0 Å². The molecular weight excluding hydrogens is 586 g/mol. The number of nitro groups is 1. The average Bonchev–Trinajstić information content (AvgIpc) is 3.69. The molecule has 0 amide bonds. The van der Waals surface area contributed by atoms with Gasteiger partial charge in [-0.1, -0.05) is 30.7 Å². The fraction of sp³-hybridized carbons (Fsp3) is 0.393. The lowest BCUT2D eigenvalue weighted by atomic mass is 10.1. The number of nitrogens with zero attached hydrogens (tertiary/aromatic N) is 5. The minimum atomic E-state index is -3.80. The van der Waals surface area contributed by atoms with E-state index in [0.717, 1.165) is 18.9 Å². The van der Waals surface area contributed by atoms with E-state index in [-0.39, 0.29) is 54.2 Å². The van der Waals surface area contributed by atoms with Gasteiger partial charge in [-0.05, 0) is 49.6 Å². The third kappa shape index (κ3) is 6.32. The standard InChI is InChI=1S/C28H30ClN5O7S/c1-19(35)23-14-20(6-7-24(23)34(37)38)17-42(39,40)32-12-10-31(11-13-32)25-16-30-33(22-5-3-4-21(29)15-22)27(36)26(25)41-18-28(2)8-9-28/h3-7,14-16H,8-13,17-18H2,1-2H3. The molecule has 2 fully saturated rings. The molecule has 0 spiro atoms. The number of hydrogen-bond donors (Lipinski definition) is 0. The summed E-state index contributed by atoms with van der Waals surface area (Å²) in [6.45, 7) is 4.53. The van der Waals surface area contributed by atoms with E-state index >= 15 is 0 Å². The number of ether oxygens (including phenoxy) is 1. The summed E-state index contributed by atoms with van der Waals surface area (Å²) in [5, 5.41) is 16.1. The Morgan fingerprint density at radius 1 is 1.14 bits per heavy atom. The highest BCUT2D eigenvalue weighted by molar-refractivity contribution is 7.88. The molecule has 1 saturated heterocycles. The Hall–Kier alpha value is -3.81. The molecule has 3 aromatic rings. The second-order valence-corrected chi connectivity index (χ2v) is 13.4. The number of anilines is 1. The Bertz CT molecular complexity index is 1710. The minimum absolute atomic E-state index is 0.0146. The van der Waals surface area contributed by atoms with Gasteiger partial charge in [-0.15, -0.1) is 0 Å². The lowest BCUT2D eigenvalue weighted by Gasteiger charge is -2.35. The highest BCUT2D eigenvalue weighted by Crippen LogP contribution is 2.45. The van der Waals surface area contributed by atoms with Gasteiger partial charge in [-0.25, -0.2) is 8.42 Å². The molecule has 1 aliphatic carbocycles. The van der Waals surface area contributed by atoms with Crippen LogP contribution in [-0.2, 0) is 15.8 Å². The van der Waals surface area contributed by atoms with Crippen LogP contribution >= 0.6 is 11.6 Å². The molecule has 2 aliphatic rings. The van der Waals surface area contributed by atoms with Crippen molar-refractivity contribution in [3.8, 4) is 11.4 Å². The van der Waals surface area contributed by atoms with Crippen LogP contribution in [0.3, 0.4) is 0 Å². The lowest BCUT2D eigenvalue weighted by Crippen LogP contribution is -2.49. The first-order chi connectivity index (χ1) is 19.9. The Kier molecular flexibility index (Phi) is 8.10. The molecule has 0 unspecified atom stereocenters. The number of halogens is 1. The summed E-state index contributed by atoms with van der Waals surface area (Å²) in [5.41, 5.74) is 0.347. The second kappa shape index (κ2) is 11.5. The number of benzene rings is 2. The second-order valence-electron chi connectivity index (χ2n) is 11.0. The van der Waals surface area contributed by atoms with Gasteiger partial charge in [0.2, 0.25) is 15.8 Å². The first kappa shape index (κ1) is 29.7. The van der Waals surface area contributed by atoms with Crippen LogP contribution in [0.4, 0.5) is 11.4 Å². The average molecular weight is 616 g/mol. The summed E-state index contributed by atoms with van der Waals surface area (Å²) < 4.78 is 35.2. The van der Waals surface area contributed by atoms with Gasteiger partial charge in [0, 0.05) is 42.7 Å². The molecule has 12 nitrogen and oxygen atoms in total. The van der Waals surface area contributed by atoms with Crippen LogP contribution in [0.5, 0.6) is 5.75 Å². The van der Waals surface area contributed by atoms with E-state index in [0.29, 0.717) is 23.0 Å². The number of hydrogen-bond acceptors (Lipinski definition) is 9. The van der Waals surface area contributed by atoms with Gasteiger partial charge in [-0.2, -0.15) is 14.1 Å². The predicted octanol–water partition coefficient (Wildman–Crippen LogP) is 3.83. The Labute approximate surface area is 247 Å². The number of Topliss-reactive ketones (excluding diaryl/α,β-unsaturated/α-hetero) is 1. The molecule has 0 N–H and O–H groups in total. The molecule has 0 bridgehead atoms.